The van der Waals surface area contributed by atoms with Crippen LogP contribution >= 0.6 is 11.3 Å². The molecule has 0 saturated carbocycles. The van der Waals surface area contributed by atoms with Crippen LogP contribution in [0.2, 0.25) is 0 Å². The number of nitrogens with one attached hydrogen (secondary N) is 2. The van der Waals surface area contributed by atoms with Crippen molar-refractivity contribution in [3.05, 3.63) is 65.0 Å². The minimum absolute atomic E-state index is 0.165. The number of carbonyl (C=O) groups is 1. The fourth-order valence-electron chi connectivity index (χ4n) is 2.45. The highest BCUT2D eigenvalue weighted by atomic mass is 32.1. The maximum absolute atomic E-state index is 11.9. The molecule has 3 N–H and O–H groups in total. The Balaban J connectivity index is 1.60. The van der Waals surface area contributed by atoms with Gasteiger partial charge in [0.1, 0.15) is 0 Å². The first kappa shape index (κ1) is 15.5. The summed E-state index contributed by atoms with van der Waals surface area (Å²) in [6.07, 6.45) is -0.727. The molecule has 0 radical (unpaired) electrons. The molecule has 0 saturated heterocycles. The zero-order valence-corrected chi connectivity index (χ0v) is 13.6. The van der Waals surface area contributed by atoms with Crippen molar-refractivity contribution >= 4 is 33.1 Å². The Morgan fingerprint density at radius 2 is 2.04 bits per heavy atom. The van der Waals surface area contributed by atoms with E-state index in [1.54, 1.807) is 11.3 Å². The highest BCUT2D eigenvalue weighted by Gasteiger charge is 2.14. The lowest BCUT2D eigenvalue weighted by Crippen LogP contribution is -2.32. The Bertz CT molecular complexity index is 829. The molecule has 0 aliphatic rings. The number of carbonyl (C=O) groups excluding carboxylic acids is 1. The van der Waals surface area contributed by atoms with E-state index in [0.29, 0.717) is 0 Å². The largest absolute Gasteiger partial charge is 0.387 e. The smallest absolute Gasteiger partial charge is 0.319 e. The average molecular weight is 326 g/mol. The van der Waals surface area contributed by atoms with Gasteiger partial charge < -0.3 is 15.7 Å². The van der Waals surface area contributed by atoms with Crippen molar-refractivity contribution in [2.24, 2.45) is 0 Å². The summed E-state index contributed by atoms with van der Waals surface area (Å²) in [4.78, 5) is 11.9. The maximum atomic E-state index is 11.9. The summed E-state index contributed by atoms with van der Waals surface area (Å²) < 4.78 is 1.13. The number of amides is 2. The van der Waals surface area contributed by atoms with Crippen molar-refractivity contribution in [1.82, 2.24) is 5.32 Å². The van der Waals surface area contributed by atoms with Gasteiger partial charge in [-0.1, -0.05) is 30.3 Å². The van der Waals surface area contributed by atoms with E-state index in [4.69, 9.17) is 0 Å². The van der Waals surface area contributed by atoms with Crippen molar-refractivity contribution < 1.29 is 9.90 Å². The number of aryl methyl sites for hydroxylation is 1. The van der Waals surface area contributed by atoms with E-state index in [1.807, 2.05) is 60.8 Å². The van der Waals surface area contributed by atoms with Crippen molar-refractivity contribution in [3.63, 3.8) is 0 Å². The molecule has 0 aliphatic carbocycles. The summed E-state index contributed by atoms with van der Waals surface area (Å²) in [5, 5.41) is 18.8. The predicted octanol–water partition coefficient (Wildman–Crippen LogP) is 4.06. The molecule has 0 fully saturated rings. The van der Waals surface area contributed by atoms with E-state index in [1.165, 1.54) is 0 Å². The van der Waals surface area contributed by atoms with Crippen molar-refractivity contribution in [2.75, 3.05) is 11.9 Å². The van der Waals surface area contributed by atoms with Gasteiger partial charge in [0.25, 0.3) is 0 Å². The van der Waals surface area contributed by atoms with Gasteiger partial charge in [-0.25, -0.2) is 4.79 Å². The number of fused-ring (bicyclic) bond motifs is 1. The quantitative estimate of drug-likeness (QED) is 0.677. The van der Waals surface area contributed by atoms with Gasteiger partial charge in [-0.2, -0.15) is 0 Å². The molecule has 118 valence electrons. The van der Waals surface area contributed by atoms with E-state index in [2.05, 4.69) is 10.6 Å². The van der Waals surface area contributed by atoms with Crippen LogP contribution in [0.4, 0.5) is 10.5 Å². The standard InChI is InChI=1S/C18H18N2O2S/c1-12-5-4-6-13(9-12)20-18(22)19-10-16(21)15-11-23-17-8-3-2-7-14(15)17/h2-9,11,16,21H,10H2,1H3,(H2,19,20,22). The lowest BCUT2D eigenvalue weighted by atomic mass is 10.1. The highest BCUT2D eigenvalue weighted by Crippen LogP contribution is 2.29. The molecule has 2 aromatic carbocycles. The summed E-state index contributed by atoms with van der Waals surface area (Å²) in [7, 11) is 0. The summed E-state index contributed by atoms with van der Waals surface area (Å²) in [6, 6.07) is 15.2. The molecule has 3 rings (SSSR count). The van der Waals surface area contributed by atoms with Crippen LogP contribution in [0.1, 0.15) is 17.2 Å². The Labute approximate surface area is 138 Å². The van der Waals surface area contributed by atoms with Crippen LogP contribution in [-0.2, 0) is 0 Å². The number of benzene rings is 2. The molecule has 4 nitrogen and oxygen atoms in total. The first-order chi connectivity index (χ1) is 11.1. The summed E-state index contributed by atoms with van der Waals surface area (Å²) in [6.45, 7) is 2.13. The number of aliphatic hydroxyl groups excluding tert-OH is 1. The van der Waals surface area contributed by atoms with Crippen molar-refractivity contribution in [1.29, 1.82) is 0 Å². The van der Waals surface area contributed by atoms with Crippen LogP contribution in [-0.4, -0.2) is 17.7 Å². The number of anilines is 1. The zero-order chi connectivity index (χ0) is 16.2. The van der Waals surface area contributed by atoms with E-state index in [0.717, 1.165) is 26.9 Å². The monoisotopic (exact) mass is 326 g/mol. The number of thiophene rings is 1. The summed E-state index contributed by atoms with van der Waals surface area (Å²) in [5.41, 5.74) is 2.66. The summed E-state index contributed by atoms with van der Waals surface area (Å²) >= 11 is 1.59. The van der Waals surface area contributed by atoms with E-state index in [9.17, 15) is 9.90 Å². The summed E-state index contributed by atoms with van der Waals surface area (Å²) in [5.74, 6) is 0. The minimum atomic E-state index is -0.727. The first-order valence-corrected chi connectivity index (χ1v) is 8.27. The lowest BCUT2D eigenvalue weighted by molar-refractivity contribution is 0.177. The molecule has 0 aliphatic heterocycles. The van der Waals surface area contributed by atoms with Gasteiger partial charge in [0.2, 0.25) is 0 Å². The van der Waals surface area contributed by atoms with Crippen LogP contribution in [0.5, 0.6) is 0 Å². The maximum Gasteiger partial charge on any atom is 0.319 e. The number of hydrogen-bond acceptors (Lipinski definition) is 3. The first-order valence-electron chi connectivity index (χ1n) is 7.39. The zero-order valence-electron chi connectivity index (χ0n) is 12.7. The van der Waals surface area contributed by atoms with Gasteiger partial charge in [-0.05, 0) is 41.5 Å². The molecule has 3 aromatic rings. The SMILES string of the molecule is Cc1cccc(NC(=O)NCC(O)c2csc3ccccc23)c1. The van der Waals surface area contributed by atoms with Gasteiger partial charge in [-0.15, -0.1) is 11.3 Å². The topological polar surface area (TPSA) is 61.4 Å². The van der Waals surface area contributed by atoms with Crippen LogP contribution in [0.25, 0.3) is 10.1 Å². The molecule has 5 heteroatoms. The molecule has 1 atom stereocenters. The Morgan fingerprint density at radius 1 is 1.22 bits per heavy atom. The molecular formula is C18H18N2O2S. The van der Waals surface area contributed by atoms with Gasteiger partial charge in [-0.3, -0.25) is 0 Å². The van der Waals surface area contributed by atoms with E-state index < -0.39 is 6.10 Å². The third kappa shape index (κ3) is 3.70. The predicted molar refractivity (Wildman–Crippen MR) is 95.0 cm³/mol. The minimum Gasteiger partial charge on any atom is -0.387 e. The number of urea groups is 1. The molecule has 1 heterocycles. The van der Waals surface area contributed by atoms with Crippen molar-refractivity contribution in [3.8, 4) is 0 Å². The van der Waals surface area contributed by atoms with E-state index in [-0.39, 0.29) is 12.6 Å². The normalized spacial score (nSPS) is 12.1. The van der Waals surface area contributed by atoms with Gasteiger partial charge in [0.15, 0.2) is 0 Å². The van der Waals surface area contributed by atoms with Gasteiger partial charge in [0.05, 0.1) is 6.10 Å². The number of rotatable bonds is 4. The van der Waals surface area contributed by atoms with Crippen LogP contribution in [0.3, 0.4) is 0 Å². The average Bonchev–Trinajstić information content (AvgIpc) is 2.97. The van der Waals surface area contributed by atoms with Crippen molar-refractivity contribution in [2.45, 2.75) is 13.0 Å². The van der Waals surface area contributed by atoms with Crippen LogP contribution < -0.4 is 10.6 Å². The van der Waals surface area contributed by atoms with E-state index >= 15 is 0 Å². The van der Waals surface area contributed by atoms with Crippen LogP contribution in [0, 0.1) is 6.92 Å². The molecule has 0 bridgehead atoms. The molecule has 2 amide bonds. The fourth-order valence-corrected chi connectivity index (χ4v) is 3.46. The highest BCUT2D eigenvalue weighted by molar-refractivity contribution is 7.17. The van der Waals surface area contributed by atoms with Gasteiger partial charge >= 0.3 is 6.03 Å². The third-order valence-corrected chi connectivity index (χ3v) is 4.58. The van der Waals surface area contributed by atoms with Crippen LogP contribution in [0.15, 0.2) is 53.9 Å². The molecule has 1 aromatic heterocycles. The van der Waals surface area contributed by atoms with Gasteiger partial charge in [0, 0.05) is 22.5 Å². The molecule has 23 heavy (non-hydrogen) atoms. The Hall–Kier alpha value is -2.37. The number of aliphatic hydroxyl groups is 1. The third-order valence-electron chi connectivity index (χ3n) is 3.60. The second-order valence-electron chi connectivity index (χ2n) is 5.41. The Morgan fingerprint density at radius 3 is 2.87 bits per heavy atom. The second kappa shape index (κ2) is 6.81. The Kier molecular flexibility index (Phi) is 4.60. The molecule has 1 unspecified atom stereocenters. The molecule has 0 spiro atoms. The second-order valence-corrected chi connectivity index (χ2v) is 6.32. The molecular weight excluding hydrogens is 308 g/mol. The fraction of sp³-hybridized carbons (Fsp3) is 0.167. The lowest BCUT2D eigenvalue weighted by Gasteiger charge is -2.12. The number of hydrogen-bond donors (Lipinski definition) is 3.